The number of anilines is 1. The number of hydrogen-bond donors (Lipinski definition) is 1. The minimum absolute atomic E-state index is 0.716. The summed E-state index contributed by atoms with van der Waals surface area (Å²) < 4.78 is 4.55. The zero-order valence-corrected chi connectivity index (χ0v) is 7.79. The number of aromatic nitrogens is 5. The van der Waals surface area contributed by atoms with Gasteiger partial charge in [-0.15, -0.1) is 0 Å². The maximum atomic E-state index is 4.55. The van der Waals surface area contributed by atoms with Crippen molar-refractivity contribution in [2.45, 2.75) is 6.42 Å². The summed E-state index contributed by atoms with van der Waals surface area (Å²) in [4.78, 5) is 1.97. The largest absolute Gasteiger partial charge is 0.328 e. The van der Waals surface area contributed by atoms with Gasteiger partial charge in [0.25, 0.3) is 0 Å². The Morgan fingerprint density at radius 1 is 1.40 bits per heavy atom. The third-order valence-corrected chi connectivity index (χ3v) is 2.32. The van der Waals surface area contributed by atoms with Crippen molar-refractivity contribution in [1.29, 1.82) is 0 Å². The molecule has 0 amide bonds. The summed E-state index contributed by atoms with van der Waals surface area (Å²) in [5, 5.41) is 17.7. The first-order chi connectivity index (χ1) is 7.43. The average Bonchev–Trinajstić information content (AvgIpc) is 3.02. The van der Waals surface area contributed by atoms with E-state index in [4.69, 9.17) is 0 Å². The zero-order valence-electron chi connectivity index (χ0n) is 7.79. The van der Waals surface area contributed by atoms with Crippen LogP contribution in [0.1, 0.15) is 12.1 Å². The minimum Gasteiger partial charge on any atom is -0.328 e. The Kier molecular flexibility index (Phi) is 1.74. The number of nitrogens with zero attached hydrogens (tertiary/aromatic N) is 5. The zero-order chi connectivity index (χ0) is 10.1. The van der Waals surface area contributed by atoms with Crippen LogP contribution in [0, 0.1) is 0 Å². The Morgan fingerprint density at radius 2 is 2.40 bits per heavy atom. The van der Waals surface area contributed by atoms with Crippen LogP contribution < -0.4 is 4.90 Å². The van der Waals surface area contributed by atoms with Gasteiger partial charge in [-0.25, -0.2) is 4.63 Å². The highest BCUT2D eigenvalue weighted by Gasteiger charge is 2.18. The molecule has 0 saturated heterocycles. The van der Waals surface area contributed by atoms with Crippen LogP contribution in [0.3, 0.4) is 0 Å². The second-order valence-corrected chi connectivity index (χ2v) is 3.22. The molecule has 76 valence electrons. The molecule has 0 spiro atoms. The maximum absolute atomic E-state index is 4.55. The highest BCUT2D eigenvalue weighted by molar-refractivity contribution is 5.68. The summed E-state index contributed by atoms with van der Waals surface area (Å²) in [5.41, 5.74) is 2.00. The molecule has 1 N–H and O–H groups in total. The Labute approximate surface area is 84.7 Å². The first kappa shape index (κ1) is 8.16. The molecule has 2 aromatic rings. The van der Waals surface area contributed by atoms with Crippen molar-refractivity contribution in [2.75, 3.05) is 11.4 Å². The molecule has 15 heavy (non-hydrogen) atoms. The van der Waals surface area contributed by atoms with Crippen molar-refractivity contribution in [1.82, 2.24) is 25.7 Å². The summed E-state index contributed by atoms with van der Waals surface area (Å²) in [6.45, 7) is 0.858. The third kappa shape index (κ3) is 1.37. The molecule has 0 bridgehead atoms. The second-order valence-electron chi connectivity index (χ2n) is 3.22. The van der Waals surface area contributed by atoms with E-state index in [1.165, 1.54) is 0 Å². The molecule has 3 heterocycles. The number of nitrogens with one attached hydrogen (secondary N) is 1. The molecular weight excluding hydrogens is 196 g/mol. The molecule has 0 saturated carbocycles. The molecule has 0 aliphatic carbocycles. The van der Waals surface area contributed by atoms with Crippen molar-refractivity contribution in [2.24, 2.45) is 0 Å². The van der Waals surface area contributed by atoms with Crippen molar-refractivity contribution in [3.8, 4) is 0 Å². The lowest BCUT2D eigenvalue weighted by Crippen LogP contribution is -2.11. The third-order valence-electron chi connectivity index (χ3n) is 2.32. The van der Waals surface area contributed by atoms with Crippen LogP contribution in [0.25, 0.3) is 5.57 Å². The van der Waals surface area contributed by atoms with E-state index in [2.05, 4.69) is 30.4 Å². The molecule has 1 aliphatic rings. The monoisotopic (exact) mass is 204 g/mol. The Balaban J connectivity index is 1.87. The fourth-order valence-corrected chi connectivity index (χ4v) is 1.58. The molecule has 0 unspecified atom stereocenters. The lowest BCUT2D eigenvalue weighted by atomic mass is 10.2. The van der Waals surface area contributed by atoms with E-state index in [1.54, 1.807) is 12.4 Å². The first-order valence-corrected chi connectivity index (χ1v) is 4.54. The summed E-state index contributed by atoms with van der Waals surface area (Å²) in [6.07, 6.45) is 6.19. The Morgan fingerprint density at radius 3 is 3.13 bits per heavy atom. The van der Waals surface area contributed by atoms with Gasteiger partial charge in [0.1, 0.15) is 11.9 Å². The van der Waals surface area contributed by atoms with Gasteiger partial charge in [0.15, 0.2) is 5.82 Å². The van der Waals surface area contributed by atoms with E-state index in [0.29, 0.717) is 5.82 Å². The SMILES string of the molecule is C1=C(c2cn[nH]n2)CCN1c1cnon1. The minimum atomic E-state index is 0.716. The molecule has 0 aromatic carbocycles. The van der Waals surface area contributed by atoms with Gasteiger partial charge in [-0.1, -0.05) is 5.16 Å². The maximum Gasteiger partial charge on any atom is 0.197 e. The molecule has 7 nitrogen and oxygen atoms in total. The molecule has 2 aromatic heterocycles. The van der Waals surface area contributed by atoms with Crippen LogP contribution >= 0.6 is 0 Å². The Hall–Kier alpha value is -2.18. The van der Waals surface area contributed by atoms with Crippen LogP contribution in [-0.2, 0) is 0 Å². The van der Waals surface area contributed by atoms with Gasteiger partial charge in [0, 0.05) is 12.7 Å². The molecule has 0 fully saturated rings. The van der Waals surface area contributed by atoms with E-state index in [-0.39, 0.29) is 0 Å². The van der Waals surface area contributed by atoms with Gasteiger partial charge in [-0.3, -0.25) is 0 Å². The van der Waals surface area contributed by atoms with Gasteiger partial charge >= 0.3 is 0 Å². The van der Waals surface area contributed by atoms with Crippen molar-refractivity contribution < 1.29 is 4.63 Å². The lowest BCUT2D eigenvalue weighted by molar-refractivity contribution is 0.307. The summed E-state index contributed by atoms with van der Waals surface area (Å²) in [7, 11) is 0. The topological polar surface area (TPSA) is 83.7 Å². The number of H-pyrrole nitrogens is 1. The predicted octanol–water partition coefficient (Wildman–Crippen LogP) is 0.439. The van der Waals surface area contributed by atoms with Gasteiger partial charge in [-0.05, 0) is 17.2 Å². The first-order valence-electron chi connectivity index (χ1n) is 4.54. The summed E-state index contributed by atoms with van der Waals surface area (Å²) in [5.74, 6) is 0.716. The summed E-state index contributed by atoms with van der Waals surface area (Å²) in [6, 6.07) is 0. The second kappa shape index (κ2) is 3.19. The average molecular weight is 204 g/mol. The fraction of sp³-hybridized carbons (Fsp3) is 0.250. The van der Waals surface area contributed by atoms with E-state index < -0.39 is 0 Å². The molecule has 3 rings (SSSR count). The van der Waals surface area contributed by atoms with Crippen molar-refractivity contribution in [3.05, 3.63) is 24.3 Å². The summed E-state index contributed by atoms with van der Waals surface area (Å²) >= 11 is 0. The van der Waals surface area contributed by atoms with E-state index >= 15 is 0 Å². The van der Waals surface area contributed by atoms with Crippen LogP contribution in [0.4, 0.5) is 5.82 Å². The smallest absolute Gasteiger partial charge is 0.197 e. The molecule has 1 aliphatic heterocycles. The lowest BCUT2D eigenvalue weighted by Gasteiger charge is -2.07. The van der Waals surface area contributed by atoms with Gasteiger partial charge in [0.05, 0.1) is 6.20 Å². The van der Waals surface area contributed by atoms with Crippen LogP contribution in [-0.4, -0.2) is 32.3 Å². The number of aromatic amines is 1. The highest BCUT2D eigenvalue weighted by Crippen LogP contribution is 2.25. The van der Waals surface area contributed by atoms with Crippen LogP contribution in [0.15, 0.2) is 23.2 Å². The highest BCUT2D eigenvalue weighted by atomic mass is 16.6. The Bertz CT molecular complexity index is 459. The van der Waals surface area contributed by atoms with Crippen molar-refractivity contribution in [3.63, 3.8) is 0 Å². The molecule has 7 heteroatoms. The molecule has 0 radical (unpaired) electrons. The number of rotatable bonds is 2. The quantitative estimate of drug-likeness (QED) is 0.764. The van der Waals surface area contributed by atoms with Gasteiger partial charge < -0.3 is 4.90 Å². The van der Waals surface area contributed by atoms with Gasteiger partial charge in [0.2, 0.25) is 0 Å². The van der Waals surface area contributed by atoms with Crippen molar-refractivity contribution >= 4 is 11.4 Å². The van der Waals surface area contributed by atoms with Gasteiger partial charge in [-0.2, -0.15) is 15.4 Å². The van der Waals surface area contributed by atoms with E-state index in [0.717, 1.165) is 24.2 Å². The van der Waals surface area contributed by atoms with Crippen LogP contribution in [0.5, 0.6) is 0 Å². The van der Waals surface area contributed by atoms with Crippen LogP contribution in [0.2, 0.25) is 0 Å². The fourth-order valence-electron chi connectivity index (χ4n) is 1.58. The normalized spacial score (nSPS) is 15.7. The molecule has 0 atom stereocenters. The predicted molar refractivity (Wildman–Crippen MR) is 50.6 cm³/mol. The van der Waals surface area contributed by atoms with E-state index in [9.17, 15) is 0 Å². The molecular formula is C8H8N6O. The number of hydrogen-bond acceptors (Lipinski definition) is 6. The van der Waals surface area contributed by atoms with E-state index in [1.807, 2.05) is 11.1 Å². The standard InChI is InChI=1S/C8H8N6O/c1-2-14(8-4-10-15-12-8)5-6(1)7-3-9-13-11-7/h3-5H,1-2H2,(H,9,11,13).